The van der Waals surface area contributed by atoms with Crippen LogP contribution in [0.2, 0.25) is 0 Å². The molecule has 0 spiro atoms. The zero-order valence-electron chi connectivity index (χ0n) is 13.8. The number of benzene rings is 1. The first-order valence-corrected chi connectivity index (χ1v) is 7.85. The summed E-state index contributed by atoms with van der Waals surface area (Å²) in [5, 5.41) is 3.89. The standard InChI is InChI=1S/C16H16BrN3O5/c1-9(21)25-15-13(23-2)4-10(5-14(15)24-3)7-19-20-16(22)12-6-11(17)8-18-12/h4-8,18H,1-3H3,(H,20,22)/b19-7-. The van der Waals surface area contributed by atoms with Gasteiger partial charge in [-0.1, -0.05) is 0 Å². The normalized spacial score (nSPS) is 10.6. The van der Waals surface area contributed by atoms with Crippen molar-refractivity contribution in [1.82, 2.24) is 10.4 Å². The van der Waals surface area contributed by atoms with Crippen molar-refractivity contribution in [2.75, 3.05) is 14.2 Å². The van der Waals surface area contributed by atoms with Gasteiger partial charge in [-0.15, -0.1) is 0 Å². The van der Waals surface area contributed by atoms with Gasteiger partial charge >= 0.3 is 5.97 Å². The largest absolute Gasteiger partial charge is 0.493 e. The Bertz CT molecular complexity index is 791. The molecule has 2 N–H and O–H groups in total. The van der Waals surface area contributed by atoms with Gasteiger partial charge in [0.05, 0.1) is 20.4 Å². The fourth-order valence-corrected chi connectivity index (χ4v) is 2.29. The average molecular weight is 410 g/mol. The fraction of sp³-hybridized carbons (Fsp3) is 0.188. The molecule has 0 saturated carbocycles. The van der Waals surface area contributed by atoms with Crippen LogP contribution in [-0.4, -0.2) is 37.3 Å². The summed E-state index contributed by atoms with van der Waals surface area (Å²) in [6.45, 7) is 1.28. The number of methoxy groups -OCH3 is 2. The number of amides is 1. The molecule has 0 atom stereocenters. The lowest BCUT2D eigenvalue weighted by Gasteiger charge is -2.13. The van der Waals surface area contributed by atoms with Crippen LogP contribution in [0.15, 0.2) is 34.0 Å². The van der Waals surface area contributed by atoms with Crippen LogP contribution in [0.5, 0.6) is 17.2 Å². The smallest absolute Gasteiger partial charge is 0.308 e. The third kappa shape index (κ3) is 4.83. The second-order valence-corrected chi connectivity index (χ2v) is 5.69. The molecule has 0 fully saturated rings. The van der Waals surface area contributed by atoms with Gasteiger partial charge in [-0.25, -0.2) is 5.43 Å². The van der Waals surface area contributed by atoms with Gasteiger partial charge in [0.1, 0.15) is 5.69 Å². The van der Waals surface area contributed by atoms with Gasteiger partial charge in [0, 0.05) is 23.2 Å². The van der Waals surface area contributed by atoms with E-state index in [0.29, 0.717) is 22.8 Å². The summed E-state index contributed by atoms with van der Waals surface area (Å²) in [5.41, 5.74) is 3.34. The molecule has 0 aliphatic rings. The number of carbonyl (C=O) groups is 2. The van der Waals surface area contributed by atoms with Gasteiger partial charge < -0.3 is 19.2 Å². The van der Waals surface area contributed by atoms with Gasteiger partial charge in [-0.2, -0.15) is 5.10 Å². The lowest BCUT2D eigenvalue weighted by molar-refractivity contribution is -0.132. The molecule has 25 heavy (non-hydrogen) atoms. The molecule has 8 nitrogen and oxygen atoms in total. The number of hydrogen-bond donors (Lipinski definition) is 2. The van der Waals surface area contributed by atoms with Crippen LogP contribution in [-0.2, 0) is 4.79 Å². The number of hydrogen-bond acceptors (Lipinski definition) is 6. The number of esters is 1. The monoisotopic (exact) mass is 409 g/mol. The van der Waals surface area contributed by atoms with Gasteiger partial charge in [0.2, 0.25) is 5.75 Å². The Labute approximate surface area is 152 Å². The molecule has 1 heterocycles. The molecule has 1 aromatic heterocycles. The second-order valence-electron chi connectivity index (χ2n) is 4.78. The highest BCUT2D eigenvalue weighted by Gasteiger charge is 2.15. The molecule has 9 heteroatoms. The van der Waals surface area contributed by atoms with Crippen molar-refractivity contribution < 1.29 is 23.8 Å². The first-order chi connectivity index (χ1) is 11.9. The summed E-state index contributed by atoms with van der Waals surface area (Å²) in [4.78, 5) is 25.9. The summed E-state index contributed by atoms with van der Waals surface area (Å²) in [7, 11) is 2.88. The number of ether oxygens (including phenoxy) is 3. The van der Waals surface area contributed by atoms with Crippen LogP contribution in [0.25, 0.3) is 0 Å². The van der Waals surface area contributed by atoms with Gasteiger partial charge in [-0.05, 0) is 34.1 Å². The van der Waals surface area contributed by atoms with Crippen LogP contribution in [0, 0.1) is 0 Å². The predicted octanol–water partition coefficient (Wildman–Crippen LogP) is 2.48. The number of nitrogens with one attached hydrogen (secondary N) is 2. The van der Waals surface area contributed by atoms with Crippen molar-refractivity contribution in [3.05, 3.63) is 40.1 Å². The van der Waals surface area contributed by atoms with E-state index < -0.39 is 11.9 Å². The summed E-state index contributed by atoms with van der Waals surface area (Å²) < 4.78 is 16.3. The van der Waals surface area contributed by atoms with E-state index >= 15 is 0 Å². The number of aromatic amines is 1. The number of nitrogens with zero attached hydrogens (tertiary/aromatic N) is 1. The summed E-state index contributed by atoms with van der Waals surface area (Å²) in [5.74, 6) is -0.110. The maximum atomic E-state index is 11.9. The molecular weight excluding hydrogens is 394 g/mol. The summed E-state index contributed by atoms with van der Waals surface area (Å²) in [6.07, 6.45) is 3.06. The number of halogens is 1. The topological polar surface area (TPSA) is 102 Å². The fourth-order valence-electron chi connectivity index (χ4n) is 1.94. The first kappa shape index (κ1) is 18.5. The minimum Gasteiger partial charge on any atom is -0.493 e. The highest BCUT2D eigenvalue weighted by atomic mass is 79.9. The SMILES string of the molecule is COc1cc(/C=N\NC(=O)c2cc(Br)c[nH]2)cc(OC)c1OC(C)=O. The molecule has 2 aromatic rings. The van der Waals surface area contributed by atoms with Gasteiger partial charge in [-0.3, -0.25) is 9.59 Å². The molecule has 1 amide bonds. The van der Waals surface area contributed by atoms with Crippen LogP contribution in [0.4, 0.5) is 0 Å². The Hall–Kier alpha value is -2.81. The summed E-state index contributed by atoms with van der Waals surface area (Å²) in [6, 6.07) is 4.83. The van der Waals surface area contributed by atoms with Crippen molar-refractivity contribution in [2.24, 2.45) is 5.10 Å². The molecule has 0 saturated heterocycles. The summed E-state index contributed by atoms with van der Waals surface area (Å²) >= 11 is 3.25. The van der Waals surface area contributed by atoms with Crippen LogP contribution < -0.4 is 19.6 Å². The van der Waals surface area contributed by atoms with Crippen LogP contribution in [0.3, 0.4) is 0 Å². The van der Waals surface area contributed by atoms with Crippen molar-refractivity contribution in [2.45, 2.75) is 6.92 Å². The third-order valence-corrected chi connectivity index (χ3v) is 3.46. The number of hydrazone groups is 1. The van der Waals surface area contributed by atoms with Gasteiger partial charge in [0.15, 0.2) is 11.5 Å². The zero-order chi connectivity index (χ0) is 18.4. The maximum absolute atomic E-state index is 11.9. The maximum Gasteiger partial charge on any atom is 0.308 e. The number of aromatic nitrogens is 1. The molecule has 0 aliphatic carbocycles. The number of H-pyrrole nitrogens is 1. The molecule has 2 rings (SSSR count). The highest BCUT2D eigenvalue weighted by Crippen LogP contribution is 2.38. The Morgan fingerprint density at radius 1 is 1.20 bits per heavy atom. The average Bonchev–Trinajstić information content (AvgIpc) is 3.01. The van der Waals surface area contributed by atoms with E-state index in [1.54, 1.807) is 24.4 Å². The van der Waals surface area contributed by atoms with E-state index in [-0.39, 0.29) is 5.75 Å². The minimum absolute atomic E-state index is 0.176. The second kappa shape index (κ2) is 8.34. The van der Waals surface area contributed by atoms with E-state index in [2.05, 4.69) is 31.4 Å². The van der Waals surface area contributed by atoms with Crippen molar-refractivity contribution in [3.63, 3.8) is 0 Å². The lowest BCUT2D eigenvalue weighted by Crippen LogP contribution is -2.17. The Morgan fingerprint density at radius 3 is 2.32 bits per heavy atom. The minimum atomic E-state index is -0.498. The molecule has 1 aromatic carbocycles. The van der Waals surface area contributed by atoms with Crippen LogP contribution >= 0.6 is 15.9 Å². The Kier molecular flexibility index (Phi) is 6.18. The van der Waals surface area contributed by atoms with E-state index in [1.165, 1.54) is 27.4 Å². The Balaban J connectivity index is 2.18. The Morgan fingerprint density at radius 2 is 1.84 bits per heavy atom. The quantitative estimate of drug-likeness (QED) is 0.330. The van der Waals surface area contributed by atoms with E-state index in [9.17, 15) is 9.59 Å². The molecule has 0 unspecified atom stereocenters. The van der Waals surface area contributed by atoms with Crippen LogP contribution in [0.1, 0.15) is 23.0 Å². The zero-order valence-corrected chi connectivity index (χ0v) is 15.3. The van der Waals surface area contributed by atoms with Gasteiger partial charge in [0.25, 0.3) is 5.91 Å². The molecular formula is C16H16BrN3O5. The van der Waals surface area contributed by atoms with Crippen molar-refractivity contribution >= 4 is 34.0 Å². The first-order valence-electron chi connectivity index (χ1n) is 7.06. The predicted molar refractivity (Wildman–Crippen MR) is 94.4 cm³/mol. The number of rotatable bonds is 6. The molecule has 0 aliphatic heterocycles. The van der Waals surface area contributed by atoms with Crippen molar-refractivity contribution in [1.29, 1.82) is 0 Å². The molecule has 0 bridgehead atoms. The molecule has 132 valence electrons. The third-order valence-electron chi connectivity index (χ3n) is 3.00. The molecule has 0 radical (unpaired) electrons. The lowest BCUT2D eigenvalue weighted by atomic mass is 10.2. The van der Waals surface area contributed by atoms with Crippen molar-refractivity contribution in [3.8, 4) is 17.2 Å². The van der Waals surface area contributed by atoms with E-state index in [0.717, 1.165) is 4.47 Å². The van der Waals surface area contributed by atoms with E-state index in [1.807, 2.05) is 0 Å². The number of carbonyl (C=O) groups excluding carboxylic acids is 2. The van der Waals surface area contributed by atoms with E-state index in [4.69, 9.17) is 14.2 Å². The highest BCUT2D eigenvalue weighted by molar-refractivity contribution is 9.10.